The minimum atomic E-state index is 0.295. The van der Waals surface area contributed by atoms with Gasteiger partial charge >= 0.3 is 0 Å². The number of nitrogens with zero attached hydrogens (tertiary/aromatic N) is 1. The third-order valence-corrected chi connectivity index (χ3v) is 3.46. The van der Waals surface area contributed by atoms with Crippen molar-refractivity contribution < 1.29 is 5.11 Å². The molecule has 2 aromatic carbocycles. The van der Waals surface area contributed by atoms with Gasteiger partial charge in [-0.2, -0.15) is 0 Å². The first-order valence-electron chi connectivity index (χ1n) is 6.98. The molecule has 2 rings (SSSR count). The van der Waals surface area contributed by atoms with Crippen molar-refractivity contribution in [3.8, 4) is 0 Å². The average Bonchev–Trinajstić information content (AvgIpc) is 2.39. The van der Waals surface area contributed by atoms with E-state index in [0.717, 1.165) is 25.9 Å². The number of aliphatic hydroxyl groups is 1. The molecule has 1 N–H and O–H groups in total. The second kappa shape index (κ2) is 6.69. The fraction of sp³-hybridized carbons (Fsp3) is 0.412. The first-order valence-corrected chi connectivity index (χ1v) is 6.98. The Kier molecular flexibility index (Phi) is 4.94. The molecule has 0 radical (unpaired) electrons. The predicted octanol–water partition coefficient (Wildman–Crippen LogP) is 3.35. The Balaban J connectivity index is 2.02. The molecule has 0 bridgehead atoms. The van der Waals surface area contributed by atoms with Gasteiger partial charge in [0.05, 0.1) is 0 Å². The highest BCUT2D eigenvalue weighted by Crippen LogP contribution is 2.18. The Morgan fingerprint density at radius 3 is 2.53 bits per heavy atom. The zero-order valence-corrected chi connectivity index (χ0v) is 11.9. The van der Waals surface area contributed by atoms with E-state index in [1.807, 2.05) is 0 Å². The highest BCUT2D eigenvalue weighted by Gasteiger charge is 2.02. The van der Waals surface area contributed by atoms with Crippen molar-refractivity contribution in [1.82, 2.24) is 4.90 Å². The maximum Gasteiger partial charge on any atom is 0.0431 e. The quantitative estimate of drug-likeness (QED) is 0.802. The molecule has 2 nitrogen and oxygen atoms in total. The van der Waals surface area contributed by atoms with Gasteiger partial charge in [0, 0.05) is 13.2 Å². The third-order valence-electron chi connectivity index (χ3n) is 3.46. The number of rotatable bonds is 6. The zero-order valence-electron chi connectivity index (χ0n) is 11.9. The molecule has 0 aliphatic rings. The van der Waals surface area contributed by atoms with Gasteiger partial charge in [0.1, 0.15) is 0 Å². The van der Waals surface area contributed by atoms with Crippen LogP contribution < -0.4 is 0 Å². The lowest BCUT2D eigenvalue weighted by Gasteiger charge is -2.16. The summed E-state index contributed by atoms with van der Waals surface area (Å²) in [5.74, 6) is 0. The molecule has 0 saturated heterocycles. The average molecular weight is 257 g/mol. The molecule has 0 aromatic heterocycles. The van der Waals surface area contributed by atoms with Gasteiger partial charge in [-0.1, -0.05) is 35.9 Å². The Morgan fingerprint density at radius 1 is 1.00 bits per heavy atom. The van der Waals surface area contributed by atoms with Crippen molar-refractivity contribution in [3.05, 3.63) is 47.5 Å². The van der Waals surface area contributed by atoms with Gasteiger partial charge in [0.2, 0.25) is 0 Å². The van der Waals surface area contributed by atoms with E-state index >= 15 is 0 Å². The molecule has 0 aliphatic carbocycles. The standard InChI is InChI=1S/C17H23NO/c1-14-5-7-17-12-15(6-8-16(17)11-14)13-18(2)9-3-4-10-19/h5-8,11-12,19H,3-4,9-10,13H2,1-2H3. The molecular weight excluding hydrogens is 234 g/mol. The molecule has 0 saturated carbocycles. The van der Waals surface area contributed by atoms with Gasteiger partial charge in [0.25, 0.3) is 0 Å². The summed E-state index contributed by atoms with van der Waals surface area (Å²) in [7, 11) is 2.14. The topological polar surface area (TPSA) is 23.5 Å². The largest absolute Gasteiger partial charge is 0.396 e. The molecule has 0 fully saturated rings. The number of hydrogen-bond acceptors (Lipinski definition) is 2. The highest BCUT2D eigenvalue weighted by molar-refractivity contribution is 5.83. The fourth-order valence-corrected chi connectivity index (χ4v) is 2.40. The summed E-state index contributed by atoms with van der Waals surface area (Å²) in [6, 6.07) is 13.3. The van der Waals surface area contributed by atoms with Gasteiger partial charge < -0.3 is 10.0 Å². The molecule has 0 atom stereocenters. The van der Waals surface area contributed by atoms with Crippen LogP contribution in [0.15, 0.2) is 36.4 Å². The zero-order chi connectivity index (χ0) is 13.7. The predicted molar refractivity (Wildman–Crippen MR) is 81.3 cm³/mol. The molecule has 2 heteroatoms. The lowest BCUT2D eigenvalue weighted by Crippen LogP contribution is -2.19. The summed E-state index contributed by atoms with van der Waals surface area (Å²) in [5, 5.41) is 11.4. The summed E-state index contributed by atoms with van der Waals surface area (Å²) in [6.07, 6.45) is 1.95. The van der Waals surface area contributed by atoms with Crippen LogP contribution in [0.1, 0.15) is 24.0 Å². The lowest BCUT2D eigenvalue weighted by atomic mass is 10.0. The van der Waals surface area contributed by atoms with Crippen molar-refractivity contribution in [3.63, 3.8) is 0 Å². The number of benzene rings is 2. The molecule has 0 aliphatic heterocycles. The molecular formula is C17H23NO. The fourth-order valence-electron chi connectivity index (χ4n) is 2.40. The van der Waals surface area contributed by atoms with Crippen LogP contribution in [-0.4, -0.2) is 30.2 Å². The Bertz CT molecular complexity index is 536. The molecule has 19 heavy (non-hydrogen) atoms. The number of aliphatic hydroxyl groups excluding tert-OH is 1. The monoisotopic (exact) mass is 257 g/mol. The van der Waals surface area contributed by atoms with Crippen LogP contribution in [0, 0.1) is 6.92 Å². The van der Waals surface area contributed by atoms with Crippen LogP contribution in [0.3, 0.4) is 0 Å². The normalized spacial score (nSPS) is 11.4. The van der Waals surface area contributed by atoms with E-state index in [-0.39, 0.29) is 0 Å². The Hall–Kier alpha value is -1.38. The maximum atomic E-state index is 8.79. The van der Waals surface area contributed by atoms with Gasteiger partial charge in [-0.25, -0.2) is 0 Å². The minimum Gasteiger partial charge on any atom is -0.396 e. The summed E-state index contributed by atoms with van der Waals surface area (Å²) in [5.41, 5.74) is 2.66. The number of fused-ring (bicyclic) bond motifs is 1. The van der Waals surface area contributed by atoms with E-state index in [1.54, 1.807) is 0 Å². The second-order valence-electron chi connectivity index (χ2n) is 5.35. The molecule has 102 valence electrons. The Morgan fingerprint density at radius 2 is 1.74 bits per heavy atom. The first-order chi connectivity index (χ1) is 9.19. The van der Waals surface area contributed by atoms with Gasteiger partial charge in [-0.05, 0) is 55.8 Å². The molecule has 0 unspecified atom stereocenters. The molecule has 2 aromatic rings. The number of hydrogen-bond donors (Lipinski definition) is 1. The van der Waals surface area contributed by atoms with E-state index in [4.69, 9.17) is 5.11 Å². The smallest absolute Gasteiger partial charge is 0.0431 e. The van der Waals surface area contributed by atoms with Crippen LogP contribution in [0.5, 0.6) is 0 Å². The molecule has 0 amide bonds. The number of aryl methyl sites for hydroxylation is 1. The molecule has 0 heterocycles. The van der Waals surface area contributed by atoms with Crippen LogP contribution in [0.4, 0.5) is 0 Å². The van der Waals surface area contributed by atoms with Crippen molar-refractivity contribution >= 4 is 10.8 Å². The highest BCUT2D eigenvalue weighted by atomic mass is 16.2. The van der Waals surface area contributed by atoms with Gasteiger partial charge in [0.15, 0.2) is 0 Å². The third kappa shape index (κ3) is 4.05. The lowest BCUT2D eigenvalue weighted by molar-refractivity contribution is 0.261. The SMILES string of the molecule is Cc1ccc2cc(CN(C)CCCCO)ccc2c1. The van der Waals surface area contributed by atoms with E-state index < -0.39 is 0 Å². The van der Waals surface area contributed by atoms with Crippen molar-refractivity contribution in [2.75, 3.05) is 20.2 Å². The van der Waals surface area contributed by atoms with Gasteiger partial charge in [-0.3, -0.25) is 0 Å². The van der Waals surface area contributed by atoms with Crippen LogP contribution in [0.25, 0.3) is 10.8 Å². The van der Waals surface area contributed by atoms with Gasteiger partial charge in [-0.15, -0.1) is 0 Å². The first kappa shape index (κ1) is 14.0. The second-order valence-corrected chi connectivity index (χ2v) is 5.35. The summed E-state index contributed by atoms with van der Waals surface area (Å²) >= 11 is 0. The van der Waals surface area contributed by atoms with E-state index in [0.29, 0.717) is 6.61 Å². The minimum absolute atomic E-state index is 0.295. The maximum absolute atomic E-state index is 8.79. The summed E-state index contributed by atoms with van der Waals surface area (Å²) in [6.45, 7) is 4.42. The molecule has 0 spiro atoms. The van der Waals surface area contributed by atoms with E-state index in [1.165, 1.54) is 21.9 Å². The Labute approximate surface area is 115 Å². The van der Waals surface area contributed by atoms with Crippen molar-refractivity contribution in [1.29, 1.82) is 0 Å². The van der Waals surface area contributed by atoms with Crippen molar-refractivity contribution in [2.45, 2.75) is 26.3 Å². The van der Waals surface area contributed by atoms with Crippen LogP contribution in [-0.2, 0) is 6.54 Å². The summed E-state index contributed by atoms with van der Waals surface area (Å²) in [4.78, 5) is 2.31. The number of unbranched alkanes of at least 4 members (excludes halogenated alkanes) is 1. The van der Waals surface area contributed by atoms with E-state index in [2.05, 4.69) is 55.3 Å². The van der Waals surface area contributed by atoms with Crippen LogP contribution in [0.2, 0.25) is 0 Å². The summed E-state index contributed by atoms with van der Waals surface area (Å²) < 4.78 is 0. The van der Waals surface area contributed by atoms with Crippen molar-refractivity contribution in [2.24, 2.45) is 0 Å². The van der Waals surface area contributed by atoms with E-state index in [9.17, 15) is 0 Å². The van der Waals surface area contributed by atoms with Crippen LogP contribution >= 0.6 is 0 Å².